The van der Waals surface area contributed by atoms with Crippen LogP contribution in [0.2, 0.25) is 0 Å². The molecule has 1 saturated carbocycles. The Balaban J connectivity index is 1.67. The van der Waals surface area contributed by atoms with E-state index in [4.69, 9.17) is 0 Å². The van der Waals surface area contributed by atoms with E-state index in [1.807, 2.05) is 18.2 Å². The lowest BCUT2D eigenvalue weighted by molar-refractivity contribution is 0.0809. The summed E-state index contributed by atoms with van der Waals surface area (Å²) in [5.74, 6) is 0. The normalized spacial score (nSPS) is 18.2. The van der Waals surface area contributed by atoms with E-state index in [0.717, 1.165) is 37.3 Å². The van der Waals surface area contributed by atoms with Crippen molar-refractivity contribution in [3.8, 4) is 0 Å². The van der Waals surface area contributed by atoms with Gasteiger partial charge < -0.3 is 14.8 Å². The van der Waals surface area contributed by atoms with Crippen LogP contribution in [-0.4, -0.2) is 27.6 Å². The third kappa shape index (κ3) is 2.97. The molecule has 0 aliphatic heterocycles. The number of aryl methyl sites for hydroxylation is 1. The van der Waals surface area contributed by atoms with Gasteiger partial charge in [-0.1, -0.05) is 25.3 Å². The SMILES string of the molecule is Cc1nc2ccccn2c1CNCC1(CO)CCCCC1. The van der Waals surface area contributed by atoms with Crippen LogP contribution in [0.4, 0.5) is 0 Å². The lowest BCUT2D eigenvalue weighted by Gasteiger charge is -2.35. The first-order chi connectivity index (χ1) is 10.2. The van der Waals surface area contributed by atoms with Crippen molar-refractivity contribution >= 4 is 5.65 Å². The largest absolute Gasteiger partial charge is 0.396 e. The predicted octanol–water partition coefficient (Wildman–Crippen LogP) is 2.68. The summed E-state index contributed by atoms with van der Waals surface area (Å²) in [6.07, 6.45) is 8.15. The third-order valence-electron chi connectivity index (χ3n) is 4.87. The lowest BCUT2D eigenvalue weighted by atomic mass is 9.74. The van der Waals surface area contributed by atoms with Crippen LogP contribution in [-0.2, 0) is 6.54 Å². The lowest BCUT2D eigenvalue weighted by Crippen LogP contribution is -2.39. The number of aliphatic hydroxyl groups excluding tert-OH is 1. The van der Waals surface area contributed by atoms with Gasteiger partial charge in [0.2, 0.25) is 0 Å². The van der Waals surface area contributed by atoms with Crippen molar-refractivity contribution in [2.24, 2.45) is 5.41 Å². The Bertz CT molecular complexity index is 599. The number of imidazole rings is 1. The molecule has 0 radical (unpaired) electrons. The number of aromatic nitrogens is 2. The molecule has 4 nitrogen and oxygen atoms in total. The molecule has 2 aromatic heterocycles. The predicted molar refractivity (Wildman–Crippen MR) is 84.2 cm³/mol. The van der Waals surface area contributed by atoms with Gasteiger partial charge in [-0.05, 0) is 31.9 Å². The van der Waals surface area contributed by atoms with Gasteiger partial charge in [0.25, 0.3) is 0 Å². The van der Waals surface area contributed by atoms with Gasteiger partial charge in [0.05, 0.1) is 11.4 Å². The number of pyridine rings is 1. The van der Waals surface area contributed by atoms with Crippen LogP contribution >= 0.6 is 0 Å². The van der Waals surface area contributed by atoms with Crippen molar-refractivity contribution in [2.75, 3.05) is 13.2 Å². The van der Waals surface area contributed by atoms with Crippen LogP contribution in [0.1, 0.15) is 43.5 Å². The summed E-state index contributed by atoms with van der Waals surface area (Å²) >= 11 is 0. The fourth-order valence-corrected chi connectivity index (χ4v) is 3.52. The molecule has 114 valence electrons. The van der Waals surface area contributed by atoms with Gasteiger partial charge in [0, 0.05) is 31.3 Å². The van der Waals surface area contributed by atoms with Crippen molar-refractivity contribution in [2.45, 2.75) is 45.6 Å². The molecule has 0 unspecified atom stereocenters. The summed E-state index contributed by atoms with van der Waals surface area (Å²) in [6.45, 7) is 4.06. The molecule has 0 amide bonds. The Morgan fingerprint density at radius 2 is 2.10 bits per heavy atom. The number of nitrogens with zero attached hydrogens (tertiary/aromatic N) is 2. The topological polar surface area (TPSA) is 49.6 Å². The number of aliphatic hydroxyl groups is 1. The molecule has 4 heteroatoms. The maximum absolute atomic E-state index is 9.77. The molecular weight excluding hydrogens is 262 g/mol. The Morgan fingerprint density at radius 3 is 2.86 bits per heavy atom. The molecular formula is C17H25N3O. The quantitative estimate of drug-likeness (QED) is 0.889. The van der Waals surface area contributed by atoms with Crippen molar-refractivity contribution in [1.82, 2.24) is 14.7 Å². The number of fused-ring (bicyclic) bond motifs is 1. The standard InChI is InChI=1S/C17H25N3O/c1-14-15(20-10-6-3-7-16(20)19-14)11-18-12-17(13-21)8-4-2-5-9-17/h3,6-7,10,18,21H,2,4-5,8-9,11-13H2,1H3. The molecule has 0 aromatic carbocycles. The molecule has 1 aliphatic rings. The molecule has 0 saturated heterocycles. The Kier molecular flexibility index (Phi) is 4.27. The summed E-state index contributed by atoms with van der Waals surface area (Å²) < 4.78 is 2.15. The average Bonchev–Trinajstić information content (AvgIpc) is 2.84. The van der Waals surface area contributed by atoms with Crippen LogP contribution in [0.25, 0.3) is 5.65 Å². The van der Waals surface area contributed by atoms with Crippen molar-refractivity contribution in [3.63, 3.8) is 0 Å². The van der Waals surface area contributed by atoms with Crippen molar-refractivity contribution < 1.29 is 5.11 Å². The second-order valence-corrected chi connectivity index (χ2v) is 6.40. The van der Waals surface area contributed by atoms with Crippen LogP contribution in [0.15, 0.2) is 24.4 Å². The molecule has 2 N–H and O–H groups in total. The third-order valence-corrected chi connectivity index (χ3v) is 4.87. The van der Waals surface area contributed by atoms with Crippen LogP contribution in [0.5, 0.6) is 0 Å². The van der Waals surface area contributed by atoms with Gasteiger partial charge in [-0.3, -0.25) is 0 Å². The summed E-state index contributed by atoms with van der Waals surface area (Å²) in [4.78, 5) is 4.59. The zero-order chi connectivity index (χ0) is 14.7. The highest BCUT2D eigenvalue weighted by Gasteiger charge is 2.30. The van der Waals surface area contributed by atoms with Gasteiger partial charge in [-0.2, -0.15) is 0 Å². The molecule has 0 bridgehead atoms. The van der Waals surface area contributed by atoms with Gasteiger partial charge in [0.1, 0.15) is 5.65 Å². The van der Waals surface area contributed by atoms with Gasteiger partial charge in [0.15, 0.2) is 0 Å². The number of rotatable bonds is 5. The second kappa shape index (κ2) is 6.16. The fraction of sp³-hybridized carbons (Fsp3) is 0.588. The van der Waals surface area contributed by atoms with E-state index in [2.05, 4.69) is 27.8 Å². The van der Waals surface area contributed by atoms with Crippen LogP contribution < -0.4 is 5.32 Å². The first kappa shape index (κ1) is 14.5. The summed E-state index contributed by atoms with van der Waals surface area (Å²) in [7, 11) is 0. The smallest absolute Gasteiger partial charge is 0.137 e. The summed E-state index contributed by atoms with van der Waals surface area (Å²) in [5.41, 5.74) is 3.39. The minimum Gasteiger partial charge on any atom is -0.396 e. The van der Waals surface area contributed by atoms with Gasteiger partial charge >= 0.3 is 0 Å². The zero-order valence-electron chi connectivity index (χ0n) is 12.8. The maximum atomic E-state index is 9.77. The Labute approximate surface area is 126 Å². The number of nitrogens with one attached hydrogen (secondary N) is 1. The molecule has 1 aliphatic carbocycles. The second-order valence-electron chi connectivity index (χ2n) is 6.40. The fourth-order valence-electron chi connectivity index (χ4n) is 3.52. The molecule has 0 atom stereocenters. The van der Waals surface area contributed by atoms with E-state index in [9.17, 15) is 5.11 Å². The number of hydrogen-bond donors (Lipinski definition) is 2. The molecule has 21 heavy (non-hydrogen) atoms. The zero-order valence-corrected chi connectivity index (χ0v) is 12.8. The first-order valence-corrected chi connectivity index (χ1v) is 7.98. The van der Waals surface area contributed by atoms with E-state index in [0.29, 0.717) is 6.61 Å². The van der Waals surface area contributed by atoms with E-state index < -0.39 is 0 Å². The molecule has 3 rings (SSSR count). The molecule has 2 aromatic rings. The highest BCUT2D eigenvalue weighted by atomic mass is 16.3. The summed E-state index contributed by atoms with van der Waals surface area (Å²) in [5, 5.41) is 13.3. The Morgan fingerprint density at radius 1 is 1.29 bits per heavy atom. The minimum absolute atomic E-state index is 0.0899. The van der Waals surface area contributed by atoms with E-state index in [1.165, 1.54) is 25.0 Å². The Hall–Kier alpha value is -1.39. The van der Waals surface area contributed by atoms with Crippen LogP contribution in [0.3, 0.4) is 0 Å². The van der Waals surface area contributed by atoms with E-state index >= 15 is 0 Å². The van der Waals surface area contributed by atoms with E-state index in [-0.39, 0.29) is 5.41 Å². The van der Waals surface area contributed by atoms with Crippen molar-refractivity contribution in [3.05, 3.63) is 35.8 Å². The highest BCUT2D eigenvalue weighted by Crippen LogP contribution is 2.35. The van der Waals surface area contributed by atoms with Crippen LogP contribution in [0, 0.1) is 12.3 Å². The average molecular weight is 287 g/mol. The van der Waals surface area contributed by atoms with Gasteiger partial charge in [-0.15, -0.1) is 0 Å². The molecule has 2 heterocycles. The monoisotopic (exact) mass is 287 g/mol. The maximum Gasteiger partial charge on any atom is 0.137 e. The molecule has 1 fully saturated rings. The highest BCUT2D eigenvalue weighted by molar-refractivity contribution is 5.42. The number of hydrogen-bond acceptors (Lipinski definition) is 3. The summed E-state index contributed by atoms with van der Waals surface area (Å²) in [6, 6.07) is 6.09. The first-order valence-electron chi connectivity index (χ1n) is 7.98. The minimum atomic E-state index is 0.0899. The molecule has 0 spiro atoms. The van der Waals surface area contributed by atoms with Gasteiger partial charge in [-0.25, -0.2) is 4.98 Å². The van der Waals surface area contributed by atoms with Crippen molar-refractivity contribution in [1.29, 1.82) is 0 Å². The van der Waals surface area contributed by atoms with E-state index in [1.54, 1.807) is 0 Å².